The first-order chi connectivity index (χ1) is 8.61. The summed E-state index contributed by atoms with van der Waals surface area (Å²) in [5.74, 6) is -0.911. The average molecular weight is 249 g/mol. The predicted molar refractivity (Wildman–Crippen MR) is 66.5 cm³/mol. The molecule has 94 valence electrons. The molecular formula is C14H15NO3. The van der Waals surface area contributed by atoms with Crippen LogP contribution in [0.3, 0.4) is 0 Å². The number of hydrogen-bond donors (Lipinski definition) is 1. The molecular weight excluding hydrogens is 234 g/mol. The lowest BCUT2D eigenvalue weighted by atomic mass is 9.99. The first-order valence-corrected chi connectivity index (χ1v) is 6.10. The molecule has 0 saturated carbocycles. The van der Waals surface area contributed by atoms with Crippen molar-refractivity contribution in [2.24, 2.45) is 5.92 Å². The van der Waals surface area contributed by atoms with E-state index in [4.69, 9.17) is 0 Å². The number of carbonyl (C=O) groups excluding carboxylic acids is 3. The summed E-state index contributed by atoms with van der Waals surface area (Å²) in [5, 5.41) is 2.54. The Kier molecular flexibility index (Phi) is 3.55. The first-order valence-electron chi connectivity index (χ1n) is 6.10. The van der Waals surface area contributed by atoms with Crippen LogP contribution >= 0.6 is 0 Å². The van der Waals surface area contributed by atoms with Crippen molar-refractivity contribution in [3.05, 3.63) is 35.6 Å². The Morgan fingerprint density at radius 1 is 1.39 bits per heavy atom. The molecule has 1 amide bonds. The maximum Gasteiger partial charge on any atom is 0.231 e. The fourth-order valence-corrected chi connectivity index (χ4v) is 2.05. The highest BCUT2D eigenvalue weighted by atomic mass is 18.1. The second kappa shape index (κ2) is 5.12. The van der Waals surface area contributed by atoms with Crippen LogP contribution in [0.1, 0.15) is 26.2 Å². The van der Waals surface area contributed by atoms with Crippen LogP contribution < -0.4 is 5.32 Å². The molecule has 4 nitrogen and oxygen atoms in total. The lowest BCUT2D eigenvalue weighted by Crippen LogP contribution is -2.33. The molecule has 2 aliphatic rings. The van der Waals surface area contributed by atoms with Gasteiger partial charge in [0.05, 0.1) is 11.6 Å². The van der Waals surface area contributed by atoms with E-state index in [1.807, 2.05) is 19.1 Å². The van der Waals surface area contributed by atoms with Gasteiger partial charge in [0.15, 0.2) is 5.78 Å². The van der Waals surface area contributed by atoms with Gasteiger partial charge in [0.2, 0.25) is 11.7 Å². The van der Waals surface area contributed by atoms with E-state index in [0.29, 0.717) is 12.0 Å². The molecule has 2 aliphatic carbocycles. The van der Waals surface area contributed by atoms with Gasteiger partial charge in [-0.1, -0.05) is 19.1 Å². The number of rotatable bonds is 3. The highest BCUT2D eigenvalue weighted by Crippen LogP contribution is 2.18. The Labute approximate surface area is 105 Å². The SMILES string of the molecule is CCC1=CC(=[18O])C(NC(=O)C2C=CCC2)=CC1=[18O]. The van der Waals surface area contributed by atoms with Gasteiger partial charge in [0.25, 0.3) is 0 Å². The van der Waals surface area contributed by atoms with Crippen LogP contribution in [-0.4, -0.2) is 17.5 Å². The van der Waals surface area contributed by atoms with E-state index in [1.165, 1.54) is 12.2 Å². The summed E-state index contributed by atoms with van der Waals surface area (Å²) < 4.78 is 0. The number of carbonyl (C=O) groups is 3. The van der Waals surface area contributed by atoms with Crippen molar-refractivity contribution in [2.75, 3.05) is 0 Å². The zero-order valence-corrected chi connectivity index (χ0v) is 10.2. The third-order valence-corrected chi connectivity index (χ3v) is 3.15. The van der Waals surface area contributed by atoms with Gasteiger partial charge in [0, 0.05) is 11.6 Å². The number of nitrogens with one attached hydrogen (secondary N) is 1. The van der Waals surface area contributed by atoms with Gasteiger partial charge < -0.3 is 5.32 Å². The van der Waals surface area contributed by atoms with Crippen molar-refractivity contribution < 1.29 is 14.4 Å². The molecule has 0 heterocycles. The van der Waals surface area contributed by atoms with Gasteiger partial charge in [-0.25, -0.2) is 0 Å². The van der Waals surface area contributed by atoms with Crippen molar-refractivity contribution in [1.82, 2.24) is 5.32 Å². The fraction of sp³-hybridized carbons (Fsp3) is 0.357. The third kappa shape index (κ3) is 2.47. The third-order valence-electron chi connectivity index (χ3n) is 3.15. The van der Waals surface area contributed by atoms with E-state index >= 15 is 0 Å². The van der Waals surface area contributed by atoms with Crippen molar-refractivity contribution in [3.63, 3.8) is 0 Å². The number of allylic oxidation sites excluding steroid dienone is 4. The summed E-state index contributed by atoms with van der Waals surface area (Å²) in [6, 6.07) is 0. The molecule has 0 aliphatic heterocycles. The monoisotopic (exact) mass is 249 g/mol. The first kappa shape index (κ1) is 12.5. The van der Waals surface area contributed by atoms with Crippen molar-refractivity contribution in [3.8, 4) is 0 Å². The maximum absolute atomic E-state index is 11.8. The molecule has 0 spiro atoms. The molecule has 0 fully saturated rings. The Balaban J connectivity index is 2.06. The van der Waals surface area contributed by atoms with Gasteiger partial charge >= 0.3 is 0 Å². The molecule has 1 atom stereocenters. The molecule has 1 unspecified atom stereocenters. The smallest absolute Gasteiger partial charge is 0.231 e. The van der Waals surface area contributed by atoms with Crippen LogP contribution in [0.5, 0.6) is 0 Å². The van der Waals surface area contributed by atoms with E-state index in [9.17, 15) is 14.4 Å². The molecule has 0 aromatic heterocycles. The summed E-state index contributed by atoms with van der Waals surface area (Å²) >= 11 is 0. The van der Waals surface area contributed by atoms with E-state index < -0.39 is 0 Å². The van der Waals surface area contributed by atoms with Crippen LogP contribution in [0.25, 0.3) is 0 Å². The minimum atomic E-state index is -0.304. The highest BCUT2D eigenvalue weighted by Gasteiger charge is 2.24. The zero-order valence-electron chi connectivity index (χ0n) is 10.2. The maximum atomic E-state index is 11.8. The molecule has 0 aromatic rings. The van der Waals surface area contributed by atoms with Gasteiger partial charge in [0.1, 0.15) is 0 Å². The van der Waals surface area contributed by atoms with Crippen LogP contribution in [-0.2, 0) is 14.4 Å². The van der Waals surface area contributed by atoms with E-state index in [2.05, 4.69) is 5.32 Å². The van der Waals surface area contributed by atoms with E-state index in [1.54, 1.807) is 0 Å². The summed E-state index contributed by atoms with van der Waals surface area (Å²) in [6.45, 7) is 1.82. The van der Waals surface area contributed by atoms with Crippen molar-refractivity contribution >= 4 is 17.5 Å². The minimum absolute atomic E-state index is 0.0856. The Morgan fingerprint density at radius 3 is 2.78 bits per heavy atom. The molecule has 0 saturated heterocycles. The molecule has 0 radical (unpaired) electrons. The summed E-state index contributed by atoms with van der Waals surface area (Å²) in [5.41, 5.74) is 0.571. The van der Waals surface area contributed by atoms with Gasteiger partial charge in [-0.2, -0.15) is 0 Å². The molecule has 1 N–H and O–H groups in total. The lowest BCUT2D eigenvalue weighted by Gasteiger charge is -2.14. The van der Waals surface area contributed by atoms with Crippen LogP contribution in [0.2, 0.25) is 0 Å². The quantitative estimate of drug-likeness (QED) is 0.467. The van der Waals surface area contributed by atoms with Gasteiger partial charge in [-0.15, -0.1) is 0 Å². The van der Waals surface area contributed by atoms with Gasteiger partial charge in [-0.05, 0) is 25.3 Å². The summed E-state index contributed by atoms with van der Waals surface area (Å²) in [7, 11) is 0. The largest absolute Gasteiger partial charge is 0.322 e. The van der Waals surface area contributed by atoms with E-state index in [-0.39, 0.29) is 29.1 Å². The number of amides is 1. The molecule has 4 heteroatoms. The highest BCUT2D eigenvalue weighted by molar-refractivity contribution is 6.20. The number of hydrogen-bond acceptors (Lipinski definition) is 3. The standard InChI is InChI=1S/C14H15NO3/c1-2-9-7-13(17)11(8-12(9)16)15-14(18)10-5-3-4-6-10/h3,5,7-8,10H,2,4,6H2,1H3,(H,15,18)/i16+2,17+2. The lowest BCUT2D eigenvalue weighted by molar-refractivity contribution is -0.124. The Hall–Kier alpha value is -1.97. The van der Waals surface area contributed by atoms with Crippen molar-refractivity contribution in [2.45, 2.75) is 26.2 Å². The second-order valence-corrected chi connectivity index (χ2v) is 4.41. The van der Waals surface area contributed by atoms with Crippen LogP contribution in [0.4, 0.5) is 0 Å². The summed E-state index contributed by atoms with van der Waals surface area (Å²) in [4.78, 5) is 35.2. The molecule has 0 bridgehead atoms. The normalized spacial score (nSPS) is 22.8. The fourth-order valence-electron chi connectivity index (χ4n) is 2.05. The molecule has 0 aromatic carbocycles. The van der Waals surface area contributed by atoms with Gasteiger partial charge in [-0.3, -0.25) is 14.4 Å². The number of ketones is 2. The summed E-state index contributed by atoms with van der Waals surface area (Å²) in [6.07, 6.45) is 8.47. The second-order valence-electron chi connectivity index (χ2n) is 4.41. The Bertz CT molecular complexity index is 497. The predicted octanol–water partition coefficient (Wildman–Crippen LogP) is 1.44. The van der Waals surface area contributed by atoms with E-state index in [0.717, 1.165) is 12.8 Å². The zero-order chi connectivity index (χ0) is 13.1. The minimum Gasteiger partial charge on any atom is -0.322 e. The average Bonchev–Trinajstić information content (AvgIpc) is 2.87. The molecule has 18 heavy (non-hydrogen) atoms. The molecule has 2 rings (SSSR count). The van der Waals surface area contributed by atoms with Crippen LogP contribution in [0.15, 0.2) is 35.6 Å². The van der Waals surface area contributed by atoms with Crippen molar-refractivity contribution in [1.29, 1.82) is 0 Å². The van der Waals surface area contributed by atoms with Crippen LogP contribution in [0, 0.1) is 5.92 Å². The Morgan fingerprint density at radius 2 is 2.17 bits per heavy atom. The topological polar surface area (TPSA) is 63.2 Å².